The SMILES string of the molecule is O=C1C(=CN2CCCCC2)SC(=S)N1c1ccc(Cl)cc1. The molecule has 0 bridgehead atoms. The number of nitrogens with zero attached hydrogens (tertiary/aromatic N) is 2. The maximum atomic E-state index is 12.6. The van der Waals surface area contributed by atoms with Crippen molar-refractivity contribution in [2.45, 2.75) is 19.3 Å². The predicted molar refractivity (Wildman–Crippen MR) is 92.6 cm³/mol. The third-order valence-corrected chi connectivity index (χ3v) is 5.11. The Bertz CT molecular complexity index is 594. The van der Waals surface area contributed by atoms with E-state index in [-0.39, 0.29) is 5.91 Å². The van der Waals surface area contributed by atoms with E-state index in [9.17, 15) is 4.79 Å². The Morgan fingerprint density at radius 1 is 1.14 bits per heavy atom. The van der Waals surface area contributed by atoms with E-state index < -0.39 is 0 Å². The normalized spacial score (nSPS) is 21.5. The number of halogens is 1. The Labute approximate surface area is 138 Å². The molecule has 0 aliphatic carbocycles. The third kappa shape index (κ3) is 3.25. The topological polar surface area (TPSA) is 23.6 Å². The number of thiocarbonyl (C=S) groups is 1. The van der Waals surface area contributed by atoms with Gasteiger partial charge in [0.05, 0.1) is 10.6 Å². The highest BCUT2D eigenvalue weighted by Crippen LogP contribution is 2.35. The van der Waals surface area contributed by atoms with E-state index in [4.69, 9.17) is 23.8 Å². The van der Waals surface area contributed by atoms with Crippen LogP contribution in [0.4, 0.5) is 5.69 Å². The number of hydrogen-bond donors (Lipinski definition) is 0. The first-order valence-electron chi connectivity index (χ1n) is 6.93. The molecule has 6 heteroatoms. The maximum Gasteiger partial charge on any atom is 0.272 e. The van der Waals surface area contributed by atoms with Gasteiger partial charge < -0.3 is 4.90 Å². The van der Waals surface area contributed by atoms with Crippen LogP contribution in [0.3, 0.4) is 0 Å². The zero-order valence-corrected chi connectivity index (χ0v) is 13.8. The van der Waals surface area contributed by atoms with Crippen molar-refractivity contribution in [3.05, 3.63) is 40.4 Å². The van der Waals surface area contributed by atoms with Crippen molar-refractivity contribution in [2.24, 2.45) is 0 Å². The molecule has 2 heterocycles. The summed E-state index contributed by atoms with van der Waals surface area (Å²) in [5.41, 5.74) is 0.768. The van der Waals surface area contributed by atoms with E-state index in [2.05, 4.69) is 4.90 Å². The zero-order valence-electron chi connectivity index (χ0n) is 11.4. The van der Waals surface area contributed by atoms with E-state index >= 15 is 0 Å². The van der Waals surface area contributed by atoms with Gasteiger partial charge in [-0.3, -0.25) is 9.69 Å². The van der Waals surface area contributed by atoms with Gasteiger partial charge >= 0.3 is 0 Å². The number of rotatable bonds is 2. The number of hydrogen-bond acceptors (Lipinski definition) is 4. The standard InChI is InChI=1S/C15H15ClN2OS2/c16-11-4-6-12(7-5-11)18-14(19)13(21-15(18)20)10-17-8-2-1-3-9-17/h4-7,10H,1-3,8-9H2. The average molecular weight is 339 g/mol. The van der Waals surface area contributed by atoms with Crippen LogP contribution >= 0.6 is 35.6 Å². The smallest absolute Gasteiger partial charge is 0.272 e. The fourth-order valence-corrected chi connectivity index (χ4v) is 3.92. The Hall–Kier alpha value is -1.04. The summed E-state index contributed by atoms with van der Waals surface area (Å²) in [7, 11) is 0. The van der Waals surface area contributed by atoms with Crippen LogP contribution in [0.25, 0.3) is 0 Å². The minimum Gasteiger partial charge on any atom is -0.376 e. The quantitative estimate of drug-likeness (QED) is 0.600. The molecule has 0 aromatic heterocycles. The summed E-state index contributed by atoms with van der Waals surface area (Å²) < 4.78 is 0.575. The third-order valence-electron chi connectivity index (χ3n) is 3.57. The van der Waals surface area contributed by atoms with Gasteiger partial charge in [0.1, 0.15) is 0 Å². The molecule has 2 aliphatic heterocycles. The number of carbonyl (C=O) groups excluding carboxylic acids is 1. The number of likely N-dealkylation sites (tertiary alicyclic amines) is 1. The summed E-state index contributed by atoms with van der Waals surface area (Å²) in [6.45, 7) is 2.04. The minimum absolute atomic E-state index is 0.0436. The summed E-state index contributed by atoms with van der Waals surface area (Å²) in [6.07, 6.45) is 5.62. The Kier molecular flexibility index (Phi) is 4.52. The lowest BCUT2D eigenvalue weighted by Gasteiger charge is -2.25. The summed E-state index contributed by atoms with van der Waals surface area (Å²) in [4.78, 5) is 17.1. The van der Waals surface area contributed by atoms with Crippen LogP contribution in [0, 0.1) is 0 Å². The largest absolute Gasteiger partial charge is 0.376 e. The van der Waals surface area contributed by atoms with Crippen molar-refractivity contribution in [1.29, 1.82) is 0 Å². The van der Waals surface area contributed by atoms with Crippen LogP contribution in [0.5, 0.6) is 0 Å². The molecule has 0 spiro atoms. The molecule has 0 unspecified atom stereocenters. The van der Waals surface area contributed by atoms with Gasteiger partial charge in [0.2, 0.25) is 0 Å². The van der Waals surface area contributed by atoms with E-state index in [0.717, 1.165) is 18.8 Å². The van der Waals surface area contributed by atoms with Crippen LogP contribution < -0.4 is 4.90 Å². The molecule has 2 saturated heterocycles. The van der Waals surface area contributed by atoms with Crippen LogP contribution in [-0.4, -0.2) is 28.2 Å². The van der Waals surface area contributed by atoms with Crippen molar-refractivity contribution < 1.29 is 4.79 Å². The molecule has 0 N–H and O–H groups in total. The van der Waals surface area contributed by atoms with Crippen molar-refractivity contribution in [3.8, 4) is 0 Å². The summed E-state index contributed by atoms with van der Waals surface area (Å²) in [5.74, 6) is -0.0436. The first-order chi connectivity index (χ1) is 10.1. The Morgan fingerprint density at radius 3 is 2.48 bits per heavy atom. The van der Waals surface area contributed by atoms with Crippen LogP contribution in [-0.2, 0) is 4.79 Å². The molecular weight excluding hydrogens is 324 g/mol. The highest BCUT2D eigenvalue weighted by Gasteiger charge is 2.33. The molecule has 3 rings (SSSR count). The van der Waals surface area contributed by atoms with Gasteiger partial charge in [-0.2, -0.15) is 0 Å². The monoisotopic (exact) mass is 338 g/mol. The summed E-state index contributed by atoms with van der Waals surface area (Å²) >= 11 is 12.6. The molecule has 0 radical (unpaired) electrons. The average Bonchev–Trinajstić information content (AvgIpc) is 2.76. The molecule has 0 saturated carbocycles. The van der Waals surface area contributed by atoms with E-state index in [1.807, 2.05) is 18.3 Å². The molecule has 0 atom stereocenters. The maximum absolute atomic E-state index is 12.6. The minimum atomic E-state index is -0.0436. The van der Waals surface area contributed by atoms with Crippen molar-refractivity contribution in [3.63, 3.8) is 0 Å². The molecule has 2 aliphatic rings. The van der Waals surface area contributed by atoms with Gasteiger partial charge in [0.25, 0.3) is 5.91 Å². The van der Waals surface area contributed by atoms with E-state index in [1.165, 1.54) is 31.0 Å². The molecular formula is C15H15ClN2OS2. The van der Waals surface area contributed by atoms with Gasteiger partial charge in [-0.05, 0) is 43.5 Å². The number of piperidine rings is 1. The molecule has 2 fully saturated rings. The number of carbonyl (C=O) groups is 1. The molecule has 3 nitrogen and oxygen atoms in total. The Morgan fingerprint density at radius 2 is 1.81 bits per heavy atom. The number of amides is 1. The first-order valence-corrected chi connectivity index (χ1v) is 8.53. The lowest BCUT2D eigenvalue weighted by Crippen LogP contribution is -2.29. The van der Waals surface area contributed by atoms with Gasteiger partial charge in [0, 0.05) is 24.3 Å². The van der Waals surface area contributed by atoms with Crippen LogP contribution in [0.15, 0.2) is 35.4 Å². The van der Waals surface area contributed by atoms with Crippen molar-refractivity contribution >= 4 is 51.5 Å². The first kappa shape index (κ1) is 14.9. The lowest BCUT2D eigenvalue weighted by molar-refractivity contribution is -0.113. The number of thioether (sulfide) groups is 1. The molecule has 1 aromatic rings. The van der Waals surface area contributed by atoms with Crippen molar-refractivity contribution in [2.75, 3.05) is 18.0 Å². The number of anilines is 1. The summed E-state index contributed by atoms with van der Waals surface area (Å²) in [5, 5.41) is 0.646. The molecule has 1 amide bonds. The Balaban J connectivity index is 1.81. The van der Waals surface area contributed by atoms with E-state index in [1.54, 1.807) is 17.0 Å². The fraction of sp³-hybridized carbons (Fsp3) is 0.333. The highest BCUT2D eigenvalue weighted by atomic mass is 35.5. The molecule has 21 heavy (non-hydrogen) atoms. The second kappa shape index (κ2) is 6.38. The van der Waals surface area contributed by atoms with Gasteiger partial charge in [0.15, 0.2) is 4.32 Å². The highest BCUT2D eigenvalue weighted by molar-refractivity contribution is 8.27. The van der Waals surface area contributed by atoms with Gasteiger partial charge in [-0.25, -0.2) is 0 Å². The second-order valence-corrected chi connectivity index (χ2v) is 7.19. The molecule has 1 aromatic carbocycles. The van der Waals surface area contributed by atoms with Gasteiger partial charge in [-0.15, -0.1) is 0 Å². The number of benzene rings is 1. The van der Waals surface area contributed by atoms with Crippen LogP contribution in [0.1, 0.15) is 19.3 Å². The lowest BCUT2D eigenvalue weighted by atomic mass is 10.1. The van der Waals surface area contributed by atoms with Crippen molar-refractivity contribution in [1.82, 2.24) is 4.90 Å². The van der Waals surface area contributed by atoms with E-state index in [0.29, 0.717) is 14.2 Å². The predicted octanol–water partition coefficient (Wildman–Crippen LogP) is 4.03. The fourth-order valence-electron chi connectivity index (χ4n) is 2.48. The molecule has 110 valence electrons. The van der Waals surface area contributed by atoms with Crippen LogP contribution in [0.2, 0.25) is 5.02 Å². The zero-order chi connectivity index (χ0) is 14.8. The van der Waals surface area contributed by atoms with Gasteiger partial charge in [-0.1, -0.05) is 35.6 Å². The summed E-state index contributed by atoms with van der Waals surface area (Å²) in [6, 6.07) is 7.17. The second-order valence-electron chi connectivity index (χ2n) is 5.07.